The molecule has 0 spiro atoms. The van der Waals surface area contributed by atoms with Crippen LogP contribution in [0.15, 0.2) is 43.2 Å². The molecule has 0 bridgehead atoms. The highest BCUT2D eigenvalue weighted by atomic mass is 32.1. The van der Waals surface area contributed by atoms with Gasteiger partial charge < -0.3 is 11.1 Å². The molecule has 0 radical (unpaired) electrons. The number of fused-ring (bicyclic) bond motifs is 1. The molecule has 1 fully saturated rings. The minimum Gasteiger partial charge on any atom is -0.391 e. The van der Waals surface area contributed by atoms with Gasteiger partial charge in [-0.3, -0.25) is 4.90 Å². The first kappa shape index (κ1) is 21.5. The molecule has 1 aliphatic heterocycles. The highest BCUT2D eigenvalue weighted by Crippen LogP contribution is 2.32. The van der Waals surface area contributed by atoms with Crippen LogP contribution in [0.4, 0.5) is 15.2 Å². The summed E-state index contributed by atoms with van der Waals surface area (Å²) in [6.07, 6.45) is 4.22. The molecule has 3 N–H and O–H groups in total. The molecule has 1 saturated heterocycles. The van der Waals surface area contributed by atoms with Crippen LogP contribution in [0.1, 0.15) is 31.2 Å². The van der Waals surface area contributed by atoms with Gasteiger partial charge in [-0.05, 0) is 44.5 Å². The van der Waals surface area contributed by atoms with Gasteiger partial charge in [0.15, 0.2) is 11.5 Å². The minimum atomic E-state index is -0.549. The van der Waals surface area contributed by atoms with E-state index >= 15 is 0 Å². The maximum absolute atomic E-state index is 13.4. The number of halogens is 1. The zero-order valence-corrected chi connectivity index (χ0v) is 19.3. The molecule has 0 aliphatic carbocycles. The molecule has 1 unspecified atom stereocenters. The fraction of sp³-hybridized carbons (Fsp3) is 0.304. The molecule has 5 heterocycles. The number of nitrogen functional groups attached to an aromatic ring is 1. The number of aromatic nitrogens is 5. The summed E-state index contributed by atoms with van der Waals surface area (Å²) in [5.74, 6) is 0.476. The third-order valence-electron chi connectivity index (χ3n) is 5.90. The van der Waals surface area contributed by atoms with Crippen LogP contribution < -0.4 is 11.1 Å². The molecule has 10 heteroatoms. The molecule has 8 nitrogen and oxygen atoms in total. The van der Waals surface area contributed by atoms with E-state index in [1.165, 1.54) is 23.6 Å². The van der Waals surface area contributed by atoms with Gasteiger partial charge in [-0.2, -0.15) is 9.49 Å². The van der Waals surface area contributed by atoms with E-state index in [2.05, 4.69) is 40.7 Å². The second kappa shape index (κ2) is 8.53. The molecular formula is C23H25FN8S. The summed E-state index contributed by atoms with van der Waals surface area (Å²) < 4.78 is 15.4. The Bertz CT molecular complexity index is 1310. The van der Waals surface area contributed by atoms with Crippen molar-refractivity contribution >= 4 is 38.9 Å². The van der Waals surface area contributed by atoms with E-state index in [1.54, 1.807) is 12.3 Å². The Balaban J connectivity index is 1.58. The predicted molar refractivity (Wildman–Crippen MR) is 130 cm³/mol. The van der Waals surface area contributed by atoms with Crippen LogP contribution in [0.25, 0.3) is 28.1 Å². The lowest BCUT2D eigenvalue weighted by atomic mass is 10.2. The number of hydrogen-bond donors (Lipinski definition) is 2. The molecule has 4 aromatic heterocycles. The molecule has 0 aromatic carbocycles. The number of nitrogens with two attached hydrogens (primary N) is 1. The molecular weight excluding hydrogens is 439 g/mol. The van der Waals surface area contributed by atoms with Crippen molar-refractivity contribution < 1.29 is 4.39 Å². The Kier molecular flexibility index (Phi) is 5.55. The fourth-order valence-corrected chi connectivity index (χ4v) is 4.78. The summed E-state index contributed by atoms with van der Waals surface area (Å²) in [4.78, 5) is 16.7. The van der Waals surface area contributed by atoms with Crippen molar-refractivity contribution in [3.05, 3.63) is 54.1 Å². The van der Waals surface area contributed by atoms with E-state index in [-0.39, 0.29) is 6.04 Å². The van der Waals surface area contributed by atoms with Crippen molar-refractivity contribution in [2.75, 3.05) is 24.1 Å². The maximum atomic E-state index is 13.4. The monoisotopic (exact) mass is 464 g/mol. The van der Waals surface area contributed by atoms with Gasteiger partial charge in [0.05, 0.1) is 27.5 Å². The van der Waals surface area contributed by atoms with Gasteiger partial charge in [-0.1, -0.05) is 6.58 Å². The normalized spacial score (nSPS) is 16.7. The fourth-order valence-electron chi connectivity index (χ4n) is 4.08. The number of nitrogens with one attached hydrogen (secondary N) is 1. The summed E-state index contributed by atoms with van der Waals surface area (Å²) in [6.45, 7) is 10.5. The van der Waals surface area contributed by atoms with Gasteiger partial charge in [0, 0.05) is 36.6 Å². The van der Waals surface area contributed by atoms with E-state index in [4.69, 9.17) is 15.7 Å². The maximum Gasteiger partial charge on any atom is 0.212 e. The number of nitrogens with zero attached hydrogens (tertiary/aromatic N) is 6. The van der Waals surface area contributed by atoms with Crippen molar-refractivity contribution in [3.63, 3.8) is 0 Å². The quantitative estimate of drug-likeness (QED) is 0.408. The van der Waals surface area contributed by atoms with Gasteiger partial charge in [0.2, 0.25) is 5.95 Å². The van der Waals surface area contributed by atoms with E-state index in [0.29, 0.717) is 33.9 Å². The summed E-state index contributed by atoms with van der Waals surface area (Å²) in [5.41, 5.74) is 7.91. The van der Waals surface area contributed by atoms with Crippen molar-refractivity contribution in [1.82, 2.24) is 29.6 Å². The Morgan fingerprint density at radius 3 is 2.76 bits per heavy atom. The van der Waals surface area contributed by atoms with Crippen molar-refractivity contribution in [2.45, 2.75) is 32.4 Å². The number of pyridine rings is 1. The van der Waals surface area contributed by atoms with Crippen LogP contribution in [0.2, 0.25) is 0 Å². The molecule has 0 amide bonds. The van der Waals surface area contributed by atoms with Crippen molar-refractivity contribution in [2.24, 2.45) is 0 Å². The Morgan fingerprint density at radius 1 is 1.24 bits per heavy atom. The van der Waals surface area contributed by atoms with Gasteiger partial charge in [0.25, 0.3) is 0 Å². The lowest BCUT2D eigenvalue weighted by molar-refractivity contribution is 0.263. The van der Waals surface area contributed by atoms with E-state index in [9.17, 15) is 4.39 Å². The molecule has 1 aliphatic rings. The highest BCUT2D eigenvalue weighted by molar-refractivity contribution is 7.16. The first-order chi connectivity index (χ1) is 15.9. The van der Waals surface area contributed by atoms with Crippen LogP contribution in [0, 0.1) is 5.95 Å². The summed E-state index contributed by atoms with van der Waals surface area (Å²) in [7, 11) is 0. The van der Waals surface area contributed by atoms with E-state index in [1.807, 2.05) is 16.8 Å². The molecule has 170 valence electrons. The van der Waals surface area contributed by atoms with Gasteiger partial charge >= 0.3 is 0 Å². The molecule has 5 rings (SSSR count). The molecule has 0 saturated carbocycles. The first-order valence-electron chi connectivity index (χ1n) is 10.8. The van der Waals surface area contributed by atoms with Crippen LogP contribution in [-0.4, -0.2) is 48.8 Å². The topological polar surface area (TPSA) is 97.8 Å². The standard InChI is InChI=1S/C23H25FN8S/c1-13(2)31-9-8-16(12-31)32-23-17(11-27-32)22(28-14(3)18-5-7-20(25)33-18)29-21(30-23)15-4-6-19(24)26-10-15/h4-7,10-11,13,16H,3,8-9,12,25H2,1-2H3,(H,28,29,30). The Hall–Kier alpha value is -3.37. The number of hydrogen-bond acceptors (Lipinski definition) is 8. The number of likely N-dealkylation sites (tertiary alicyclic amines) is 1. The summed E-state index contributed by atoms with van der Waals surface area (Å²) in [5, 5.41) is 9.51. The number of thiophene rings is 1. The lowest BCUT2D eigenvalue weighted by Gasteiger charge is -2.20. The largest absolute Gasteiger partial charge is 0.391 e. The molecule has 33 heavy (non-hydrogen) atoms. The number of rotatable bonds is 6. The molecule has 4 aromatic rings. The van der Waals surface area contributed by atoms with Crippen molar-refractivity contribution in [3.8, 4) is 11.4 Å². The average molecular weight is 465 g/mol. The average Bonchev–Trinajstić information content (AvgIpc) is 3.53. The SMILES string of the molecule is C=C(Nc1nc(-c2ccc(F)nc2)nc2c1cnn2C1CCN(C(C)C)C1)c1ccc(N)s1. The smallest absolute Gasteiger partial charge is 0.212 e. The number of anilines is 2. The Labute approximate surface area is 195 Å². The predicted octanol–water partition coefficient (Wildman–Crippen LogP) is 4.41. The Morgan fingerprint density at radius 2 is 2.09 bits per heavy atom. The third kappa shape index (κ3) is 4.19. The highest BCUT2D eigenvalue weighted by Gasteiger charge is 2.28. The molecule has 1 atom stereocenters. The van der Waals surface area contributed by atoms with Gasteiger partial charge in [-0.15, -0.1) is 11.3 Å². The van der Waals surface area contributed by atoms with Gasteiger partial charge in [0.1, 0.15) is 5.82 Å². The van der Waals surface area contributed by atoms with Crippen LogP contribution in [0.5, 0.6) is 0 Å². The van der Waals surface area contributed by atoms with E-state index in [0.717, 1.165) is 35.4 Å². The second-order valence-corrected chi connectivity index (χ2v) is 9.54. The second-order valence-electron chi connectivity index (χ2n) is 8.43. The van der Waals surface area contributed by atoms with E-state index < -0.39 is 5.95 Å². The third-order valence-corrected chi connectivity index (χ3v) is 6.88. The zero-order valence-electron chi connectivity index (χ0n) is 18.5. The van der Waals surface area contributed by atoms with Gasteiger partial charge in [-0.25, -0.2) is 19.6 Å². The first-order valence-corrected chi connectivity index (χ1v) is 11.6. The van der Waals surface area contributed by atoms with Crippen molar-refractivity contribution in [1.29, 1.82) is 0 Å². The van der Waals surface area contributed by atoms with Crippen LogP contribution >= 0.6 is 11.3 Å². The van der Waals surface area contributed by atoms with Crippen LogP contribution in [0.3, 0.4) is 0 Å². The zero-order chi connectivity index (χ0) is 23.1. The van der Waals surface area contributed by atoms with Crippen LogP contribution in [-0.2, 0) is 0 Å². The summed E-state index contributed by atoms with van der Waals surface area (Å²) >= 11 is 1.45. The lowest BCUT2D eigenvalue weighted by Crippen LogP contribution is -2.28. The summed E-state index contributed by atoms with van der Waals surface area (Å²) in [6, 6.07) is 7.38. The minimum absolute atomic E-state index is 0.215.